The molecule has 0 aromatic heterocycles. The Hall–Kier alpha value is -11.0. The van der Waals surface area contributed by atoms with Gasteiger partial charge in [-0.2, -0.15) is 0 Å². The third-order valence-electron chi connectivity index (χ3n) is 23.0. The van der Waals surface area contributed by atoms with Crippen molar-refractivity contribution < 1.29 is 0 Å². The molecule has 2 aliphatic carbocycles. The normalized spacial score (nSPS) is 18.0. The van der Waals surface area contributed by atoms with Crippen molar-refractivity contribution in [1.29, 1.82) is 0 Å². The number of benzene rings is 13. The zero-order chi connectivity index (χ0) is 64.9. The molecule has 6 aliphatic heterocycles. The van der Waals surface area contributed by atoms with Crippen LogP contribution in [-0.4, -0.2) is 25.5 Å². The maximum absolute atomic E-state index is 2.94. The Morgan fingerprint density at radius 2 is 0.612 bits per heavy atom. The van der Waals surface area contributed by atoms with Crippen LogP contribution < -0.4 is 57.3 Å². The summed E-state index contributed by atoms with van der Waals surface area (Å²) in [7, 11) is 0. The molecule has 2 saturated carbocycles. The van der Waals surface area contributed by atoms with Gasteiger partial charge in [0.25, 0.3) is 13.4 Å². The number of nitrogens with zero attached hydrogens (tertiary/aromatic N) is 5. The molecule has 2 saturated heterocycles. The van der Waals surface area contributed by atoms with Gasteiger partial charge in [-0.25, -0.2) is 0 Å². The summed E-state index contributed by atoms with van der Waals surface area (Å²) < 4.78 is 0. The van der Waals surface area contributed by atoms with E-state index >= 15 is 0 Å². The molecule has 4 fully saturated rings. The van der Waals surface area contributed by atoms with Crippen LogP contribution in [-0.2, 0) is 5.41 Å². The molecule has 0 N–H and O–H groups in total. The van der Waals surface area contributed by atoms with E-state index in [0.29, 0.717) is 12.1 Å². The molecule has 0 unspecified atom stereocenters. The first-order valence-corrected chi connectivity index (χ1v) is 35.6. The molecule has 13 aromatic carbocycles. The van der Waals surface area contributed by atoms with Crippen LogP contribution in [0.15, 0.2) is 303 Å². The second-order valence-electron chi connectivity index (χ2n) is 29.5. The number of fused-ring (bicyclic) bond motifs is 8. The fourth-order valence-corrected chi connectivity index (χ4v) is 19.1. The van der Waals surface area contributed by atoms with E-state index in [1.165, 1.54) is 178 Å². The van der Waals surface area contributed by atoms with E-state index in [1.54, 1.807) is 0 Å². The summed E-state index contributed by atoms with van der Waals surface area (Å²) in [5.74, 6) is 1.62. The van der Waals surface area contributed by atoms with Gasteiger partial charge in [0, 0.05) is 96.9 Å². The number of anilines is 13. The van der Waals surface area contributed by atoms with Crippen molar-refractivity contribution in [2.24, 2.45) is 11.8 Å². The van der Waals surface area contributed by atoms with Crippen LogP contribution in [0.3, 0.4) is 0 Å². The largest absolute Gasteiger partial charge is 0.365 e. The summed E-state index contributed by atoms with van der Waals surface area (Å²) in [5, 5.41) is 0. The lowest BCUT2D eigenvalue weighted by Gasteiger charge is -2.58. The van der Waals surface area contributed by atoms with Crippen molar-refractivity contribution in [3.05, 3.63) is 309 Å². The van der Waals surface area contributed by atoms with Gasteiger partial charge in [-0.1, -0.05) is 257 Å². The van der Waals surface area contributed by atoms with Crippen molar-refractivity contribution in [3.63, 3.8) is 0 Å². The van der Waals surface area contributed by atoms with Gasteiger partial charge in [0.05, 0.1) is 11.4 Å². The van der Waals surface area contributed by atoms with Crippen LogP contribution in [0.2, 0.25) is 0 Å². The highest BCUT2D eigenvalue weighted by atomic mass is 15.2. The third-order valence-corrected chi connectivity index (χ3v) is 23.0. The Bertz CT molecular complexity index is 5160. The number of piperidine rings is 2. The van der Waals surface area contributed by atoms with Gasteiger partial charge in [0.1, 0.15) is 0 Å². The molecule has 98 heavy (non-hydrogen) atoms. The molecule has 4 bridgehead atoms. The Kier molecular flexibility index (Phi) is 13.0. The van der Waals surface area contributed by atoms with E-state index in [9.17, 15) is 0 Å². The lowest BCUT2D eigenvalue weighted by molar-refractivity contribution is 0.0900. The summed E-state index contributed by atoms with van der Waals surface area (Å²) in [5.41, 5.74) is 34.1. The smallest absolute Gasteiger partial charge is 0.252 e. The van der Waals surface area contributed by atoms with E-state index in [1.807, 2.05) is 0 Å². The van der Waals surface area contributed by atoms with E-state index in [0.717, 1.165) is 23.2 Å². The second kappa shape index (κ2) is 22.3. The lowest BCUT2D eigenvalue weighted by Crippen LogP contribution is -2.65. The topological polar surface area (TPSA) is 16.2 Å². The quantitative estimate of drug-likeness (QED) is 0.134. The van der Waals surface area contributed by atoms with Crippen molar-refractivity contribution in [2.75, 3.05) is 24.5 Å². The molecule has 0 amide bonds. The fraction of sp³-hybridized carbons (Fsp3) is 0.143. The number of para-hydroxylation sites is 6. The molecular weight excluding hydrogens is 1180 g/mol. The van der Waals surface area contributed by atoms with E-state index < -0.39 is 0 Å². The Labute approximate surface area is 576 Å². The Balaban J connectivity index is 0.897. The number of hydrogen-bond donors (Lipinski definition) is 0. The molecular formula is C91H73B2N5. The lowest BCUT2D eigenvalue weighted by atomic mass is 9.30. The molecule has 0 spiro atoms. The molecule has 468 valence electrons. The molecule has 5 nitrogen and oxygen atoms in total. The van der Waals surface area contributed by atoms with Crippen molar-refractivity contribution in [1.82, 2.24) is 0 Å². The first-order chi connectivity index (χ1) is 48.3. The molecule has 21 rings (SSSR count). The monoisotopic (exact) mass is 1260 g/mol. The van der Waals surface area contributed by atoms with Crippen LogP contribution >= 0.6 is 0 Å². The predicted molar refractivity (Wildman–Crippen MR) is 415 cm³/mol. The van der Waals surface area contributed by atoms with Gasteiger partial charge < -0.3 is 24.5 Å². The third kappa shape index (κ3) is 8.80. The minimum Gasteiger partial charge on any atom is -0.365 e. The van der Waals surface area contributed by atoms with E-state index in [4.69, 9.17) is 0 Å². The molecule has 8 aliphatic rings. The first-order valence-electron chi connectivity index (χ1n) is 35.6. The van der Waals surface area contributed by atoms with E-state index in [-0.39, 0.29) is 18.8 Å². The summed E-state index contributed by atoms with van der Waals surface area (Å²) in [4.78, 5) is 13.7. The maximum Gasteiger partial charge on any atom is 0.252 e. The Morgan fingerprint density at radius 3 is 1.00 bits per heavy atom. The van der Waals surface area contributed by atoms with Crippen molar-refractivity contribution >= 4 is 120 Å². The minimum absolute atomic E-state index is 0.143. The van der Waals surface area contributed by atoms with Crippen LogP contribution in [0.5, 0.6) is 0 Å². The standard InChI is InChI=1S/C91H73B2N5/c1-91(2,3)65-53-83-87-84(54-65)97(89-71(61-28-10-4-11-29-61)40-26-41-72(89)62-30-12-5-13-31-62)79-46-24-22-44-75(79)92(87)77-57-78-82(58-81(77)95(83)66-36-18-8-19-37-66)96(67-38-20-9-21-39-67)85-55-70(94-68-49-59-48-60(51-68)52-69(94)50-59)56-86-88(85)93(78)76-45-23-25-47-80(76)98(86)90-73(63-32-14-6-15-33-63)42-27-43-74(90)64-34-16-7-17-35-64/h4-47,53-60,68-69H,48-52H2,1-3H3. The highest BCUT2D eigenvalue weighted by Gasteiger charge is 2.52. The molecule has 6 heterocycles. The fourth-order valence-electron chi connectivity index (χ4n) is 19.1. The molecule has 0 radical (unpaired) electrons. The molecule has 13 aromatic rings. The van der Waals surface area contributed by atoms with Crippen LogP contribution in [0.1, 0.15) is 58.4 Å². The summed E-state index contributed by atoms with van der Waals surface area (Å²) in [6, 6.07) is 117. The number of hydrogen-bond acceptors (Lipinski definition) is 5. The van der Waals surface area contributed by atoms with Crippen LogP contribution in [0.4, 0.5) is 73.9 Å². The molecule has 0 atom stereocenters. The van der Waals surface area contributed by atoms with E-state index in [2.05, 4.69) is 349 Å². The number of rotatable bonds is 9. The highest BCUT2D eigenvalue weighted by molar-refractivity contribution is 7.03. The molecule has 7 heteroatoms. The first kappa shape index (κ1) is 57.3. The zero-order valence-corrected chi connectivity index (χ0v) is 55.6. The van der Waals surface area contributed by atoms with Crippen molar-refractivity contribution in [2.45, 2.75) is 70.4 Å². The van der Waals surface area contributed by atoms with Crippen molar-refractivity contribution in [3.8, 4) is 44.5 Å². The van der Waals surface area contributed by atoms with Gasteiger partial charge in [-0.3, -0.25) is 0 Å². The van der Waals surface area contributed by atoms with Crippen LogP contribution in [0, 0.1) is 11.8 Å². The summed E-state index contributed by atoms with van der Waals surface area (Å²) in [6.07, 6.45) is 6.48. The van der Waals surface area contributed by atoms with Gasteiger partial charge in [-0.15, -0.1) is 0 Å². The van der Waals surface area contributed by atoms with Gasteiger partial charge in [0.2, 0.25) is 0 Å². The second-order valence-corrected chi connectivity index (χ2v) is 29.5. The summed E-state index contributed by atoms with van der Waals surface area (Å²) in [6.45, 7) is 6.87. The average Bonchev–Trinajstić information content (AvgIpc) is 0.684. The van der Waals surface area contributed by atoms with Gasteiger partial charge in [-0.05, 0) is 177 Å². The van der Waals surface area contributed by atoms with Gasteiger partial charge in [0.15, 0.2) is 0 Å². The highest BCUT2D eigenvalue weighted by Crippen LogP contribution is 2.57. The zero-order valence-electron chi connectivity index (χ0n) is 55.6. The Morgan fingerprint density at radius 1 is 0.276 bits per heavy atom. The SMILES string of the molecule is CC(C)(C)c1cc2c3c(c1)N(c1c(-c4ccccc4)cccc1-c1ccccc1)c1ccccc1B3c1cc3c(cc1N2c1ccccc1)N(c1ccccc1)c1cc(N2C4CC5CC(C4)CC2C5)cc2c1B3c1ccccc1N2c1c(-c2ccccc2)cccc1-c1ccccc1. The average molecular weight is 1260 g/mol. The maximum atomic E-state index is 2.94. The predicted octanol–water partition coefficient (Wildman–Crippen LogP) is 19.6. The summed E-state index contributed by atoms with van der Waals surface area (Å²) >= 11 is 0. The minimum atomic E-state index is -0.217. The van der Waals surface area contributed by atoms with Crippen LogP contribution in [0.25, 0.3) is 44.5 Å². The van der Waals surface area contributed by atoms with Gasteiger partial charge >= 0.3 is 0 Å².